The van der Waals surface area contributed by atoms with Crippen molar-refractivity contribution in [3.05, 3.63) is 0 Å². The van der Waals surface area contributed by atoms with E-state index >= 15 is 0 Å². The van der Waals surface area contributed by atoms with E-state index < -0.39 is 0 Å². The topological polar surface area (TPSA) is 50.4 Å². The monoisotopic (exact) mass is 318 g/mol. The van der Waals surface area contributed by atoms with Crippen LogP contribution in [0.25, 0.3) is 0 Å². The number of carbonyl (C=O) groups excluding carboxylic acids is 1. The van der Waals surface area contributed by atoms with Crippen molar-refractivity contribution in [2.45, 2.75) is 57.9 Å². The Morgan fingerprint density at radius 2 is 1.95 bits per heavy atom. The molecule has 2 rings (SSSR count). The molecule has 0 aromatic rings. The van der Waals surface area contributed by atoms with E-state index in [2.05, 4.69) is 17.6 Å². The first-order chi connectivity index (χ1) is 9.79. The van der Waals surface area contributed by atoms with Crippen LogP contribution in [0.1, 0.15) is 51.9 Å². The van der Waals surface area contributed by atoms with Gasteiger partial charge < -0.3 is 15.4 Å². The van der Waals surface area contributed by atoms with E-state index in [0.29, 0.717) is 19.1 Å². The fraction of sp³-hybridized carbons (Fsp3) is 0.938. The minimum absolute atomic E-state index is 0. The van der Waals surface area contributed by atoms with Gasteiger partial charge in [0.15, 0.2) is 0 Å². The Balaban J connectivity index is 0.00000220. The van der Waals surface area contributed by atoms with Crippen LogP contribution in [-0.2, 0) is 9.53 Å². The van der Waals surface area contributed by atoms with Crippen molar-refractivity contribution in [1.82, 2.24) is 10.6 Å². The van der Waals surface area contributed by atoms with Crippen LogP contribution in [0.5, 0.6) is 0 Å². The number of nitrogens with one attached hydrogen (secondary N) is 2. The predicted octanol–water partition coefficient (Wildman–Crippen LogP) is 2.51. The molecule has 1 aliphatic heterocycles. The van der Waals surface area contributed by atoms with Gasteiger partial charge in [-0.05, 0) is 24.7 Å². The van der Waals surface area contributed by atoms with E-state index in [4.69, 9.17) is 4.74 Å². The van der Waals surface area contributed by atoms with Crippen LogP contribution < -0.4 is 10.6 Å². The number of halogens is 1. The van der Waals surface area contributed by atoms with Crippen molar-refractivity contribution in [1.29, 1.82) is 0 Å². The van der Waals surface area contributed by atoms with Crippen LogP contribution in [0.3, 0.4) is 0 Å². The van der Waals surface area contributed by atoms with Gasteiger partial charge in [-0.3, -0.25) is 4.79 Å². The molecule has 0 aromatic heterocycles. The molecule has 124 valence electrons. The van der Waals surface area contributed by atoms with Gasteiger partial charge in [0.05, 0.1) is 13.2 Å². The standard InChI is InChI=1S/C16H30N2O2.ClH/c1-2-3-4-13-5-7-14(8-6-13)11-18-16(19)15-12-20-10-9-17-15;/h13-15,17H,2-12H2,1H3,(H,18,19);1H. The van der Waals surface area contributed by atoms with Gasteiger partial charge in [-0.15, -0.1) is 12.4 Å². The summed E-state index contributed by atoms with van der Waals surface area (Å²) >= 11 is 0. The maximum Gasteiger partial charge on any atom is 0.239 e. The van der Waals surface area contributed by atoms with E-state index in [1.165, 1.54) is 44.9 Å². The van der Waals surface area contributed by atoms with Crippen LogP contribution in [-0.4, -0.2) is 38.3 Å². The SMILES string of the molecule is CCCCC1CCC(CNC(=O)C2COCCN2)CC1.Cl. The van der Waals surface area contributed by atoms with Gasteiger partial charge in [0.2, 0.25) is 5.91 Å². The molecular weight excluding hydrogens is 288 g/mol. The molecule has 1 aliphatic carbocycles. The molecule has 2 N–H and O–H groups in total. The van der Waals surface area contributed by atoms with Crippen LogP contribution in [0.4, 0.5) is 0 Å². The summed E-state index contributed by atoms with van der Waals surface area (Å²) in [6.07, 6.45) is 9.36. The summed E-state index contributed by atoms with van der Waals surface area (Å²) in [7, 11) is 0. The highest BCUT2D eigenvalue weighted by Gasteiger charge is 2.24. The Bertz CT molecular complexity index is 288. The highest BCUT2D eigenvalue weighted by atomic mass is 35.5. The summed E-state index contributed by atoms with van der Waals surface area (Å²) in [5.74, 6) is 1.73. The summed E-state index contributed by atoms with van der Waals surface area (Å²) in [6, 6.07) is -0.148. The zero-order valence-electron chi connectivity index (χ0n) is 13.2. The first-order valence-electron chi connectivity index (χ1n) is 8.38. The number of rotatable bonds is 6. The number of morpholine rings is 1. The lowest BCUT2D eigenvalue weighted by Crippen LogP contribution is -2.52. The van der Waals surface area contributed by atoms with Crippen molar-refractivity contribution in [2.75, 3.05) is 26.3 Å². The fourth-order valence-corrected chi connectivity index (χ4v) is 3.32. The molecule has 0 radical (unpaired) electrons. The van der Waals surface area contributed by atoms with E-state index in [-0.39, 0.29) is 24.4 Å². The fourth-order valence-electron chi connectivity index (χ4n) is 3.32. The molecule has 0 aromatic carbocycles. The smallest absolute Gasteiger partial charge is 0.239 e. The molecule has 4 nitrogen and oxygen atoms in total. The van der Waals surface area contributed by atoms with Gasteiger partial charge >= 0.3 is 0 Å². The first-order valence-corrected chi connectivity index (χ1v) is 8.38. The largest absolute Gasteiger partial charge is 0.378 e. The summed E-state index contributed by atoms with van der Waals surface area (Å²) in [6.45, 7) is 5.11. The summed E-state index contributed by atoms with van der Waals surface area (Å²) in [4.78, 5) is 12.0. The first kappa shape index (κ1) is 18.7. The second-order valence-electron chi connectivity index (χ2n) is 6.36. The Morgan fingerprint density at radius 1 is 1.24 bits per heavy atom. The molecule has 1 saturated heterocycles. The van der Waals surface area contributed by atoms with Gasteiger partial charge in [0.1, 0.15) is 6.04 Å². The Kier molecular flexibility index (Phi) is 9.29. The number of ether oxygens (including phenoxy) is 1. The third-order valence-electron chi connectivity index (χ3n) is 4.74. The van der Waals surface area contributed by atoms with Crippen molar-refractivity contribution in [3.63, 3.8) is 0 Å². The average Bonchev–Trinajstić information content (AvgIpc) is 2.52. The van der Waals surface area contributed by atoms with Crippen molar-refractivity contribution < 1.29 is 9.53 Å². The summed E-state index contributed by atoms with van der Waals surface area (Å²) in [5.41, 5.74) is 0. The van der Waals surface area contributed by atoms with Gasteiger partial charge in [-0.2, -0.15) is 0 Å². The maximum atomic E-state index is 12.0. The highest BCUT2D eigenvalue weighted by Crippen LogP contribution is 2.31. The Labute approximate surface area is 135 Å². The summed E-state index contributed by atoms with van der Waals surface area (Å²) < 4.78 is 5.32. The molecule has 21 heavy (non-hydrogen) atoms. The van der Waals surface area contributed by atoms with Crippen molar-refractivity contribution in [2.24, 2.45) is 11.8 Å². The number of hydrogen-bond donors (Lipinski definition) is 2. The molecule has 5 heteroatoms. The van der Waals surface area contributed by atoms with Crippen LogP contribution in [0.2, 0.25) is 0 Å². The minimum atomic E-state index is -0.148. The molecule has 1 unspecified atom stereocenters. The number of unbranched alkanes of at least 4 members (excludes halogenated alkanes) is 1. The molecule has 0 spiro atoms. The number of carbonyl (C=O) groups is 1. The van der Waals surface area contributed by atoms with E-state index in [1.807, 2.05) is 0 Å². The molecule has 1 heterocycles. The van der Waals surface area contributed by atoms with Crippen LogP contribution >= 0.6 is 12.4 Å². The second-order valence-corrected chi connectivity index (χ2v) is 6.36. The molecular formula is C16H31ClN2O2. The molecule has 0 bridgehead atoms. The lowest BCUT2D eigenvalue weighted by atomic mass is 9.80. The lowest BCUT2D eigenvalue weighted by molar-refractivity contribution is -0.126. The van der Waals surface area contributed by atoms with E-state index in [0.717, 1.165) is 19.0 Å². The zero-order chi connectivity index (χ0) is 14.2. The molecule has 1 atom stereocenters. The van der Waals surface area contributed by atoms with Gasteiger partial charge in [0, 0.05) is 13.1 Å². The van der Waals surface area contributed by atoms with Crippen LogP contribution in [0.15, 0.2) is 0 Å². The Morgan fingerprint density at radius 3 is 2.57 bits per heavy atom. The highest BCUT2D eigenvalue weighted by molar-refractivity contribution is 5.85. The molecule has 2 fully saturated rings. The van der Waals surface area contributed by atoms with Crippen molar-refractivity contribution in [3.8, 4) is 0 Å². The molecule has 2 aliphatic rings. The lowest BCUT2D eigenvalue weighted by Gasteiger charge is -2.29. The third kappa shape index (κ3) is 6.54. The summed E-state index contributed by atoms with van der Waals surface area (Å²) in [5, 5.41) is 6.30. The zero-order valence-corrected chi connectivity index (χ0v) is 14.1. The third-order valence-corrected chi connectivity index (χ3v) is 4.74. The predicted molar refractivity (Wildman–Crippen MR) is 87.8 cm³/mol. The number of hydrogen-bond acceptors (Lipinski definition) is 3. The Hall–Kier alpha value is -0.320. The van der Waals surface area contributed by atoms with E-state index in [9.17, 15) is 4.79 Å². The quantitative estimate of drug-likeness (QED) is 0.791. The molecule has 1 saturated carbocycles. The van der Waals surface area contributed by atoms with Gasteiger partial charge in [-0.25, -0.2) is 0 Å². The van der Waals surface area contributed by atoms with Gasteiger partial charge in [-0.1, -0.05) is 39.0 Å². The maximum absolute atomic E-state index is 12.0. The molecule has 1 amide bonds. The van der Waals surface area contributed by atoms with Gasteiger partial charge in [0.25, 0.3) is 0 Å². The van der Waals surface area contributed by atoms with E-state index in [1.54, 1.807) is 0 Å². The normalized spacial score (nSPS) is 29.5. The number of amides is 1. The average molecular weight is 319 g/mol. The minimum Gasteiger partial charge on any atom is -0.378 e. The second kappa shape index (κ2) is 10.4. The van der Waals surface area contributed by atoms with Crippen molar-refractivity contribution >= 4 is 18.3 Å². The van der Waals surface area contributed by atoms with Crippen LogP contribution in [0, 0.1) is 11.8 Å².